The van der Waals surface area contributed by atoms with Gasteiger partial charge < -0.3 is 5.32 Å². The molecule has 3 unspecified atom stereocenters. The Labute approximate surface area is 127 Å². The molecule has 2 fully saturated rings. The van der Waals surface area contributed by atoms with Gasteiger partial charge in [0.25, 0.3) is 0 Å². The summed E-state index contributed by atoms with van der Waals surface area (Å²) in [6.07, 6.45) is 9.36. The zero-order chi connectivity index (χ0) is 14.2. The second-order valence-corrected chi connectivity index (χ2v) is 7.32. The molecule has 0 aliphatic heterocycles. The van der Waals surface area contributed by atoms with Crippen molar-refractivity contribution in [3.63, 3.8) is 0 Å². The third-order valence-electron chi connectivity index (χ3n) is 5.90. The topological polar surface area (TPSA) is 29.1 Å². The summed E-state index contributed by atoms with van der Waals surface area (Å²) >= 11 is 0. The third-order valence-corrected chi connectivity index (χ3v) is 5.90. The maximum Gasteiger partial charge on any atom is 0.223 e. The predicted octanol–water partition coefficient (Wildman–Crippen LogP) is 3.49. The van der Waals surface area contributed by atoms with Gasteiger partial charge in [-0.05, 0) is 74.3 Å². The van der Waals surface area contributed by atoms with Crippen molar-refractivity contribution < 1.29 is 4.79 Å². The van der Waals surface area contributed by atoms with Crippen LogP contribution in [0.3, 0.4) is 0 Å². The van der Waals surface area contributed by atoms with Crippen LogP contribution in [0, 0.1) is 17.8 Å². The van der Waals surface area contributed by atoms with E-state index >= 15 is 0 Å². The van der Waals surface area contributed by atoms with Gasteiger partial charge in [-0.2, -0.15) is 0 Å². The molecule has 1 aromatic rings. The number of carbonyl (C=O) groups excluding carboxylic acids is 1. The van der Waals surface area contributed by atoms with E-state index in [0.29, 0.717) is 11.9 Å². The van der Waals surface area contributed by atoms with E-state index in [0.717, 1.165) is 37.5 Å². The number of nitrogens with one attached hydrogen (secondary N) is 1. The van der Waals surface area contributed by atoms with Crippen molar-refractivity contribution in [2.24, 2.45) is 17.8 Å². The fourth-order valence-corrected chi connectivity index (χ4v) is 4.41. The Balaban J connectivity index is 1.35. The van der Waals surface area contributed by atoms with Crippen LogP contribution in [0.2, 0.25) is 0 Å². The second kappa shape index (κ2) is 5.47. The molecule has 3 aliphatic rings. The molecule has 21 heavy (non-hydrogen) atoms. The highest BCUT2D eigenvalue weighted by Crippen LogP contribution is 2.49. The van der Waals surface area contributed by atoms with Crippen molar-refractivity contribution in [1.82, 2.24) is 5.32 Å². The maximum absolute atomic E-state index is 12.6. The zero-order valence-electron chi connectivity index (χ0n) is 12.7. The normalized spacial score (nSPS) is 31.7. The molecule has 3 atom stereocenters. The molecule has 1 N–H and O–H groups in total. The van der Waals surface area contributed by atoms with Crippen LogP contribution in [0.1, 0.15) is 49.7 Å². The largest absolute Gasteiger partial charge is 0.353 e. The number of hydrogen-bond acceptors (Lipinski definition) is 1. The molecule has 2 saturated carbocycles. The molecule has 0 bridgehead atoms. The molecule has 0 radical (unpaired) electrons. The number of aryl methyl sites for hydroxylation is 2. The Morgan fingerprint density at radius 2 is 1.62 bits per heavy atom. The van der Waals surface area contributed by atoms with Gasteiger partial charge in [0.2, 0.25) is 5.91 Å². The second-order valence-electron chi connectivity index (χ2n) is 7.32. The molecule has 0 spiro atoms. The Morgan fingerprint density at radius 1 is 0.905 bits per heavy atom. The molecular formula is C19H25NO. The van der Waals surface area contributed by atoms with E-state index in [1.807, 2.05) is 0 Å². The first-order valence-electron chi connectivity index (χ1n) is 8.67. The van der Waals surface area contributed by atoms with E-state index in [9.17, 15) is 4.79 Å². The summed E-state index contributed by atoms with van der Waals surface area (Å²) in [4.78, 5) is 12.6. The van der Waals surface area contributed by atoms with Gasteiger partial charge in [0.1, 0.15) is 0 Å². The van der Waals surface area contributed by atoms with Crippen LogP contribution in [-0.2, 0) is 17.6 Å². The van der Waals surface area contributed by atoms with Gasteiger partial charge in [0, 0.05) is 12.0 Å². The number of rotatable bonds is 2. The van der Waals surface area contributed by atoms with E-state index in [4.69, 9.17) is 0 Å². The lowest BCUT2D eigenvalue weighted by atomic mass is 9.93. The van der Waals surface area contributed by atoms with Gasteiger partial charge in [-0.3, -0.25) is 4.79 Å². The van der Waals surface area contributed by atoms with Crippen LogP contribution in [0.25, 0.3) is 0 Å². The molecule has 0 aromatic heterocycles. The standard InChI is InChI=1S/C19H25NO/c21-19(20-18-10-9-16-11-17(16)12-18)15-7-5-13-3-1-2-4-14(13)6-8-15/h1-4,15-18H,5-12H2,(H,20,21). The van der Waals surface area contributed by atoms with Gasteiger partial charge >= 0.3 is 0 Å². The van der Waals surface area contributed by atoms with E-state index in [1.165, 1.54) is 36.8 Å². The van der Waals surface area contributed by atoms with E-state index in [-0.39, 0.29) is 5.92 Å². The molecule has 2 nitrogen and oxygen atoms in total. The highest BCUT2D eigenvalue weighted by Gasteiger charge is 2.42. The van der Waals surface area contributed by atoms with Crippen LogP contribution in [0.15, 0.2) is 24.3 Å². The SMILES string of the molecule is O=C(NC1CCC2CC2C1)C1CCc2ccccc2CC1. The molecular weight excluding hydrogens is 258 g/mol. The van der Waals surface area contributed by atoms with Gasteiger partial charge in [-0.1, -0.05) is 24.3 Å². The van der Waals surface area contributed by atoms with E-state index < -0.39 is 0 Å². The minimum atomic E-state index is 0.217. The highest BCUT2D eigenvalue weighted by atomic mass is 16.1. The first-order chi connectivity index (χ1) is 10.3. The van der Waals surface area contributed by atoms with E-state index in [1.54, 1.807) is 0 Å². The number of amides is 1. The lowest BCUT2D eigenvalue weighted by molar-refractivity contribution is -0.126. The smallest absolute Gasteiger partial charge is 0.223 e. The summed E-state index contributed by atoms with van der Waals surface area (Å²) in [6.45, 7) is 0. The Kier molecular flexibility index (Phi) is 3.48. The zero-order valence-corrected chi connectivity index (χ0v) is 12.7. The van der Waals surface area contributed by atoms with Crippen molar-refractivity contribution in [2.45, 2.75) is 57.4 Å². The first kappa shape index (κ1) is 13.4. The molecule has 0 saturated heterocycles. The Bertz CT molecular complexity index is 511. The molecule has 2 heteroatoms. The summed E-state index contributed by atoms with van der Waals surface area (Å²) < 4.78 is 0. The first-order valence-corrected chi connectivity index (χ1v) is 8.67. The minimum absolute atomic E-state index is 0.217. The molecule has 1 amide bonds. The third kappa shape index (κ3) is 2.86. The van der Waals surface area contributed by atoms with E-state index in [2.05, 4.69) is 29.6 Å². The molecule has 0 heterocycles. The van der Waals surface area contributed by atoms with Crippen LogP contribution >= 0.6 is 0 Å². The van der Waals surface area contributed by atoms with Crippen LogP contribution in [-0.4, -0.2) is 11.9 Å². The van der Waals surface area contributed by atoms with Gasteiger partial charge in [0.15, 0.2) is 0 Å². The lowest BCUT2D eigenvalue weighted by Gasteiger charge is -2.25. The lowest BCUT2D eigenvalue weighted by Crippen LogP contribution is -2.40. The van der Waals surface area contributed by atoms with Crippen molar-refractivity contribution in [3.8, 4) is 0 Å². The molecule has 1 aromatic carbocycles. The van der Waals surface area contributed by atoms with Crippen LogP contribution in [0.5, 0.6) is 0 Å². The minimum Gasteiger partial charge on any atom is -0.353 e. The molecule has 3 aliphatic carbocycles. The van der Waals surface area contributed by atoms with Gasteiger partial charge in [-0.25, -0.2) is 0 Å². The van der Waals surface area contributed by atoms with Crippen LogP contribution < -0.4 is 5.32 Å². The van der Waals surface area contributed by atoms with Crippen molar-refractivity contribution in [1.29, 1.82) is 0 Å². The number of carbonyl (C=O) groups is 1. The number of benzene rings is 1. The average Bonchev–Trinajstić information content (AvgIpc) is 3.28. The van der Waals surface area contributed by atoms with Crippen molar-refractivity contribution in [2.75, 3.05) is 0 Å². The molecule has 112 valence electrons. The molecule has 4 rings (SSSR count). The quantitative estimate of drug-likeness (QED) is 0.827. The number of fused-ring (bicyclic) bond motifs is 2. The van der Waals surface area contributed by atoms with Crippen molar-refractivity contribution >= 4 is 5.91 Å². The summed E-state index contributed by atoms with van der Waals surface area (Å²) in [7, 11) is 0. The predicted molar refractivity (Wildman–Crippen MR) is 84.0 cm³/mol. The maximum atomic E-state index is 12.6. The summed E-state index contributed by atoms with van der Waals surface area (Å²) in [5.74, 6) is 2.48. The van der Waals surface area contributed by atoms with Gasteiger partial charge in [0.05, 0.1) is 0 Å². The fourth-order valence-electron chi connectivity index (χ4n) is 4.41. The van der Waals surface area contributed by atoms with Crippen molar-refractivity contribution in [3.05, 3.63) is 35.4 Å². The summed E-state index contributed by atoms with van der Waals surface area (Å²) in [6, 6.07) is 9.15. The van der Waals surface area contributed by atoms with Crippen LogP contribution in [0.4, 0.5) is 0 Å². The highest BCUT2D eigenvalue weighted by molar-refractivity contribution is 5.79. The summed E-state index contributed by atoms with van der Waals surface area (Å²) in [5.41, 5.74) is 2.90. The monoisotopic (exact) mass is 283 g/mol. The Morgan fingerprint density at radius 3 is 2.29 bits per heavy atom. The average molecular weight is 283 g/mol. The summed E-state index contributed by atoms with van der Waals surface area (Å²) in [5, 5.41) is 3.36. The number of hydrogen-bond donors (Lipinski definition) is 1. The van der Waals surface area contributed by atoms with Gasteiger partial charge in [-0.15, -0.1) is 0 Å². The fraction of sp³-hybridized carbons (Fsp3) is 0.632. The Hall–Kier alpha value is -1.31.